The molecule has 0 heterocycles. The number of nitrogens with zero attached hydrogens (tertiary/aromatic N) is 1. The van der Waals surface area contributed by atoms with Crippen molar-refractivity contribution in [3.05, 3.63) is 29.8 Å². The van der Waals surface area contributed by atoms with Crippen LogP contribution in [-0.4, -0.2) is 25.8 Å². The van der Waals surface area contributed by atoms with Crippen molar-refractivity contribution in [3.63, 3.8) is 0 Å². The molecule has 0 unspecified atom stereocenters. The smallest absolute Gasteiger partial charge is 0.207 e. The van der Waals surface area contributed by atoms with E-state index in [4.69, 9.17) is 0 Å². The van der Waals surface area contributed by atoms with E-state index in [2.05, 4.69) is 0 Å². The Morgan fingerprint density at radius 3 is 2.14 bits per heavy atom. The van der Waals surface area contributed by atoms with Gasteiger partial charge in [-0.15, -0.1) is 0 Å². The summed E-state index contributed by atoms with van der Waals surface area (Å²) in [5, 5.41) is 0. The van der Waals surface area contributed by atoms with Crippen LogP contribution < -0.4 is 0 Å². The molecule has 0 amide bonds. The zero-order valence-electron chi connectivity index (χ0n) is 13.9. The number of aryl methyl sites for hydroxylation is 1. The maximum Gasteiger partial charge on any atom is 0.243 e. The molecule has 0 spiro atoms. The molecule has 4 heteroatoms. The summed E-state index contributed by atoms with van der Waals surface area (Å²) in [6, 6.07) is 7.51. The Kier molecular flexibility index (Phi) is 6.45. The number of hydrogen-bond acceptors (Lipinski definition) is 2. The Labute approximate surface area is 135 Å². The van der Waals surface area contributed by atoms with Gasteiger partial charge in [0, 0.05) is 13.1 Å². The van der Waals surface area contributed by atoms with Crippen molar-refractivity contribution in [2.75, 3.05) is 13.1 Å². The fourth-order valence-corrected chi connectivity index (χ4v) is 4.85. The van der Waals surface area contributed by atoms with Gasteiger partial charge in [-0.3, -0.25) is 0 Å². The second-order valence-electron chi connectivity index (χ2n) is 6.28. The largest absolute Gasteiger partial charge is 0.243 e. The summed E-state index contributed by atoms with van der Waals surface area (Å²) >= 11 is 0. The fourth-order valence-electron chi connectivity index (χ4n) is 3.39. The molecular formula is C18H29NO2S. The third-order valence-corrected chi connectivity index (χ3v) is 6.90. The van der Waals surface area contributed by atoms with Crippen molar-refractivity contribution >= 4 is 10.0 Å². The first-order valence-corrected chi connectivity index (χ1v) is 10.1. The Morgan fingerprint density at radius 1 is 1.00 bits per heavy atom. The lowest BCUT2D eigenvalue weighted by atomic mass is 9.85. The quantitative estimate of drug-likeness (QED) is 0.753. The Hall–Kier alpha value is -0.870. The number of rotatable bonds is 7. The Balaban J connectivity index is 1.97. The van der Waals surface area contributed by atoms with Crippen LogP contribution in [0.3, 0.4) is 0 Å². The molecule has 0 N–H and O–H groups in total. The first-order chi connectivity index (χ1) is 10.6. The molecule has 0 saturated heterocycles. The second kappa shape index (κ2) is 8.11. The average molecular weight is 324 g/mol. The molecule has 1 aliphatic carbocycles. The molecule has 2 rings (SSSR count). The van der Waals surface area contributed by atoms with Crippen LogP contribution >= 0.6 is 0 Å². The van der Waals surface area contributed by atoms with E-state index in [1.165, 1.54) is 48.4 Å². The summed E-state index contributed by atoms with van der Waals surface area (Å²) < 4.78 is 26.4. The number of sulfonamides is 1. The van der Waals surface area contributed by atoms with E-state index in [-0.39, 0.29) is 0 Å². The maximum atomic E-state index is 12.4. The summed E-state index contributed by atoms with van der Waals surface area (Å²) in [5.41, 5.74) is 1.25. The monoisotopic (exact) mass is 323 g/mol. The van der Waals surface area contributed by atoms with Gasteiger partial charge < -0.3 is 0 Å². The highest BCUT2D eigenvalue weighted by Gasteiger charge is 2.21. The van der Waals surface area contributed by atoms with Crippen LogP contribution in [0.25, 0.3) is 0 Å². The number of benzene rings is 1. The molecule has 3 nitrogen and oxygen atoms in total. The van der Waals surface area contributed by atoms with Crippen LogP contribution in [0.2, 0.25) is 0 Å². The van der Waals surface area contributed by atoms with Crippen LogP contribution in [0.1, 0.15) is 57.9 Å². The van der Waals surface area contributed by atoms with E-state index in [1.807, 2.05) is 26.0 Å². The van der Waals surface area contributed by atoms with Gasteiger partial charge in [0.25, 0.3) is 0 Å². The summed E-state index contributed by atoms with van der Waals surface area (Å²) in [5.74, 6) is 0.868. The zero-order chi connectivity index (χ0) is 16.0. The third kappa shape index (κ3) is 4.32. The predicted octanol–water partition coefficient (Wildman–Crippen LogP) is 4.23. The van der Waals surface area contributed by atoms with Crippen LogP contribution in [0.15, 0.2) is 29.2 Å². The number of hydrogen-bond donors (Lipinski definition) is 0. The molecule has 124 valence electrons. The zero-order valence-corrected chi connectivity index (χ0v) is 14.7. The lowest BCUT2D eigenvalue weighted by Gasteiger charge is -2.21. The standard InChI is InChI=1S/C18H29NO2S/c1-3-19(4-2)22(20,21)18-14-12-17(13-15-18)11-10-16-8-6-5-7-9-16/h12-16H,3-11H2,1-2H3. The van der Waals surface area contributed by atoms with Crippen LogP contribution in [0, 0.1) is 5.92 Å². The minimum absolute atomic E-state index is 0.414. The van der Waals surface area contributed by atoms with Gasteiger partial charge in [-0.25, -0.2) is 8.42 Å². The van der Waals surface area contributed by atoms with Gasteiger partial charge in [-0.1, -0.05) is 58.1 Å². The van der Waals surface area contributed by atoms with E-state index >= 15 is 0 Å². The van der Waals surface area contributed by atoms with E-state index in [1.54, 1.807) is 12.1 Å². The highest BCUT2D eigenvalue weighted by Crippen LogP contribution is 2.27. The minimum atomic E-state index is -3.32. The van der Waals surface area contributed by atoms with Crippen molar-refractivity contribution in [3.8, 4) is 0 Å². The molecule has 1 saturated carbocycles. The second-order valence-corrected chi connectivity index (χ2v) is 8.21. The average Bonchev–Trinajstić information content (AvgIpc) is 2.55. The van der Waals surface area contributed by atoms with Gasteiger partial charge in [0.05, 0.1) is 4.90 Å². The summed E-state index contributed by atoms with van der Waals surface area (Å²) in [7, 11) is -3.32. The minimum Gasteiger partial charge on any atom is -0.207 e. The molecule has 0 radical (unpaired) electrons. The predicted molar refractivity (Wildman–Crippen MR) is 91.4 cm³/mol. The van der Waals surface area contributed by atoms with Crippen LogP contribution in [0.4, 0.5) is 0 Å². The van der Waals surface area contributed by atoms with Crippen molar-refractivity contribution in [1.82, 2.24) is 4.31 Å². The SMILES string of the molecule is CCN(CC)S(=O)(=O)c1ccc(CCC2CCCCC2)cc1. The van der Waals surface area contributed by atoms with E-state index in [9.17, 15) is 8.42 Å². The van der Waals surface area contributed by atoms with Gasteiger partial charge in [-0.2, -0.15) is 4.31 Å². The highest BCUT2D eigenvalue weighted by atomic mass is 32.2. The fraction of sp³-hybridized carbons (Fsp3) is 0.667. The molecule has 0 aromatic heterocycles. The first-order valence-electron chi connectivity index (χ1n) is 8.67. The molecule has 1 fully saturated rings. The summed E-state index contributed by atoms with van der Waals surface area (Å²) in [4.78, 5) is 0.414. The normalized spacial score (nSPS) is 17.0. The van der Waals surface area contributed by atoms with Gasteiger partial charge in [-0.05, 0) is 36.5 Å². The summed E-state index contributed by atoms with van der Waals surface area (Å²) in [6.07, 6.45) is 9.20. The Morgan fingerprint density at radius 2 is 1.59 bits per heavy atom. The highest BCUT2D eigenvalue weighted by molar-refractivity contribution is 7.89. The van der Waals surface area contributed by atoms with E-state index in [0.717, 1.165) is 12.3 Å². The molecule has 1 aliphatic rings. The molecule has 1 aromatic rings. The molecule has 1 aromatic carbocycles. The topological polar surface area (TPSA) is 37.4 Å². The van der Waals surface area contributed by atoms with Gasteiger partial charge in [0.2, 0.25) is 10.0 Å². The van der Waals surface area contributed by atoms with Crippen molar-refractivity contribution in [2.45, 2.75) is 63.7 Å². The van der Waals surface area contributed by atoms with Crippen molar-refractivity contribution in [1.29, 1.82) is 0 Å². The van der Waals surface area contributed by atoms with E-state index in [0.29, 0.717) is 18.0 Å². The lowest BCUT2D eigenvalue weighted by molar-refractivity contribution is 0.339. The van der Waals surface area contributed by atoms with Gasteiger partial charge in [0.1, 0.15) is 0 Å². The van der Waals surface area contributed by atoms with Crippen molar-refractivity contribution in [2.24, 2.45) is 5.92 Å². The third-order valence-electron chi connectivity index (χ3n) is 4.83. The molecule has 0 atom stereocenters. The maximum absolute atomic E-state index is 12.4. The molecular weight excluding hydrogens is 294 g/mol. The molecule has 22 heavy (non-hydrogen) atoms. The van der Waals surface area contributed by atoms with E-state index < -0.39 is 10.0 Å². The first kappa shape index (κ1) is 17.5. The molecule has 0 bridgehead atoms. The Bertz CT molecular complexity index is 541. The van der Waals surface area contributed by atoms with Crippen LogP contribution in [-0.2, 0) is 16.4 Å². The summed E-state index contributed by atoms with van der Waals surface area (Å²) in [6.45, 7) is 4.78. The van der Waals surface area contributed by atoms with Gasteiger partial charge in [0.15, 0.2) is 0 Å². The van der Waals surface area contributed by atoms with Crippen LogP contribution in [0.5, 0.6) is 0 Å². The molecule has 0 aliphatic heterocycles. The van der Waals surface area contributed by atoms with Gasteiger partial charge >= 0.3 is 0 Å². The van der Waals surface area contributed by atoms with Crippen molar-refractivity contribution < 1.29 is 8.42 Å². The lowest BCUT2D eigenvalue weighted by Crippen LogP contribution is -2.30.